The summed E-state index contributed by atoms with van der Waals surface area (Å²) in [5.41, 5.74) is 0.109. The lowest BCUT2D eigenvalue weighted by Crippen LogP contribution is -2.55. The van der Waals surface area contributed by atoms with E-state index in [1.807, 2.05) is 0 Å². The van der Waals surface area contributed by atoms with Gasteiger partial charge in [0.05, 0.1) is 18.7 Å². The highest BCUT2D eigenvalue weighted by Crippen LogP contribution is 2.28. The van der Waals surface area contributed by atoms with Gasteiger partial charge in [-0.1, -0.05) is 0 Å². The van der Waals surface area contributed by atoms with Gasteiger partial charge in [-0.15, -0.1) is 0 Å². The smallest absolute Gasteiger partial charge is 0.319 e. The molecule has 0 aromatic heterocycles. The second-order valence-corrected chi connectivity index (χ2v) is 7.23. The molecule has 3 N–H and O–H groups in total. The number of hydrogen-bond acceptors (Lipinski definition) is 4. The van der Waals surface area contributed by atoms with Crippen molar-refractivity contribution in [1.82, 2.24) is 15.5 Å². The second kappa shape index (κ2) is 9.17. The molecule has 2 aliphatic rings. The minimum Gasteiger partial charge on any atom is -0.379 e. The average Bonchev–Trinajstić information content (AvgIpc) is 2.70. The van der Waals surface area contributed by atoms with Crippen LogP contribution in [0, 0.1) is 17.6 Å². The summed E-state index contributed by atoms with van der Waals surface area (Å²) in [4.78, 5) is 38.2. The number of anilines is 1. The monoisotopic (exact) mass is 410 g/mol. The quantitative estimate of drug-likeness (QED) is 0.695. The van der Waals surface area contributed by atoms with Gasteiger partial charge in [-0.3, -0.25) is 9.59 Å². The standard InChI is InChI=1S/C19H24F2N4O4/c1-29-16-5-2-11(18(27)25-7-6-22-17(26)10-25)8-15(16)24-19(28)23-12-3-4-13(20)14(21)9-12/h3-4,9,11,15-16H,2,5-8,10H2,1H3,(H,22,26)(H2,23,24,28)/t11-,15+,16+/m0/s1. The van der Waals surface area contributed by atoms with Crippen LogP contribution < -0.4 is 16.0 Å². The Bertz CT molecular complexity index is 791. The van der Waals surface area contributed by atoms with Crippen LogP contribution in [0.4, 0.5) is 19.3 Å². The Morgan fingerprint density at radius 1 is 1.24 bits per heavy atom. The van der Waals surface area contributed by atoms with Crippen molar-refractivity contribution in [3.8, 4) is 0 Å². The van der Waals surface area contributed by atoms with E-state index in [1.54, 1.807) is 0 Å². The van der Waals surface area contributed by atoms with Gasteiger partial charge in [0.15, 0.2) is 11.6 Å². The van der Waals surface area contributed by atoms with Crippen molar-refractivity contribution < 1.29 is 27.9 Å². The summed E-state index contributed by atoms with van der Waals surface area (Å²) in [5.74, 6) is -2.69. The molecule has 0 spiro atoms. The van der Waals surface area contributed by atoms with Crippen molar-refractivity contribution in [2.24, 2.45) is 5.92 Å². The number of nitrogens with one attached hydrogen (secondary N) is 3. The number of ether oxygens (including phenoxy) is 1. The Morgan fingerprint density at radius 2 is 2.03 bits per heavy atom. The molecule has 1 saturated heterocycles. The molecule has 1 aliphatic heterocycles. The van der Waals surface area contributed by atoms with Crippen molar-refractivity contribution in [3.05, 3.63) is 29.8 Å². The second-order valence-electron chi connectivity index (χ2n) is 7.23. The molecule has 2 fully saturated rings. The maximum atomic E-state index is 13.3. The van der Waals surface area contributed by atoms with Gasteiger partial charge in [-0.05, 0) is 31.4 Å². The summed E-state index contributed by atoms with van der Waals surface area (Å²) in [6.07, 6.45) is 1.25. The first-order valence-electron chi connectivity index (χ1n) is 9.48. The molecule has 10 heteroatoms. The third-order valence-electron chi connectivity index (χ3n) is 5.28. The zero-order valence-corrected chi connectivity index (χ0v) is 16.0. The number of rotatable bonds is 4. The van der Waals surface area contributed by atoms with Gasteiger partial charge < -0.3 is 25.6 Å². The van der Waals surface area contributed by atoms with E-state index in [9.17, 15) is 23.2 Å². The summed E-state index contributed by atoms with van der Waals surface area (Å²) in [6, 6.07) is 2.02. The fourth-order valence-electron chi connectivity index (χ4n) is 3.80. The fraction of sp³-hybridized carbons (Fsp3) is 0.526. The van der Waals surface area contributed by atoms with Crippen LogP contribution >= 0.6 is 0 Å². The Morgan fingerprint density at radius 3 is 2.72 bits per heavy atom. The number of halogens is 2. The van der Waals surface area contributed by atoms with E-state index in [0.717, 1.165) is 12.1 Å². The highest BCUT2D eigenvalue weighted by molar-refractivity contribution is 5.90. The first-order chi connectivity index (χ1) is 13.9. The van der Waals surface area contributed by atoms with E-state index < -0.39 is 23.7 Å². The molecular formula is C19H24F2N4O4. The van der Waals surface area contributed by atoms with Crippen LogP contribution in [0.25, 0.3) is 0 Å². The molecule has 1 aromatic rings. The van der Waals surface area contributed by atoms with Crippen molar-refractivity contribution in [2.45, 2.75) is 31.4 Å². The lowest BCUT2D eigenvalue weighted by atomic mass is 9.82. The lowest BCUT2D eigenvalue weighted by Gasteiger charge is -2.37. The van der Waals surface area contributed by atoms with Crippen molar-refractivity contribution >= 4 is 23.5 Å². The molecule has 3 rings (SSSR count). The van der Waals surface area contributed by atoms with E-state index in [2.05, 4.69) is 16.0 Å². The highest BCUT2D eigenvalue weighted by Gasteiger charge is 2.37. The maximum absolute atomic E-state index is 13.3. The molecule has 1 aromatic carbocycles. The molecule has 0 unspecified atom stereocenters. The van der Waals surface area contributed by atoms with Crippen LogP contribution in [0.1, 0.15) is 19.3 Å². The number of carbonyl (C=O) groups excluding carboxylic acids is 3. The van der Waals surface area contributed by atoms with Crippen LogP contribution in [0.2, 0.25) is 0 Å². The van der Waals surface area contributed by atoms with Crippen molar-refractivity contribution in [1.29, 1.82) is 0 Å². The summed E-state index contributed by atoms with van der Waals surface area (Å²) < 4.78 is 31.8. The van der Waals surface area contributed by atoms with Gasteiger partial charge in [0.25, 0.3) is 0 Å². The number of methoxy groups -OCH3 is 1. The molecule has 8 nitrogen and oxygen atoms in total. The third-order valence-corrected chi connectivity index (χ3v) is 5.28. The summed E-state index contributed by atoms with van der Waals surface area (Å²) in [6.45, 7) is 0.928. The molecule has 4 amide bonds. The Hall–Kier alpha value is -2.75. The number of piperazine rings is 1. The number of amides is 4. The van der Waals surface area contributed by atoms with Gasteiger partial charge in [0.2, 0.25) is 11.8 Å². The van der Waals surface area contributed by atoms with Gasteiger partial charge in [0.1, 0.15) is 0 Å². The first kappa shape index (κ1) is 21.0. The summed E-state index contributed by atoms with van der Waals surface area (Å²) in [7, 11) is 1.53. The highest BCUT2D eigenvalue weighted by atomic mass is 19.2. The minimum absolute atomic E-state index is 0.0394. The van der Waals surface area contributed by atoms with Crippen LogP contribution in [0.5, 0.6) is 0 Å². The number of nitrogens with zero attached hydrogens (tertiary/aromatic N) is 1. The van der Waals surface area contributed by atoms with E-state index in [1.165, 1.54) is 18.1 Å². The fourth-order valence-corrected chi connectivity index (χ4v) is 3.80. The van der Waals surface area contributed by atoms with Gasteiger partial charge in [0, 0.05) is 37.9 Å². The minimum atomic E-state index is -1.06. The number of hydrogen-bond donors (Lipinski definition) is 3. The molecule has 1 saturated carbocycles. The topological polar surface area (TPSA) is 99.8 Å². The SMILES string of the molecule is CO[C@@H]1CC[C@H](C(=O)N2CCNC(=O)C2)C[C@H]1NC(=O)Nc1ccc(F)c(F)c1. The Kier molecular flexibility index (Phi) is 6.63. The molecule has 3 atom stereocenters. The molecule has 1 heterocycles. The van der Waals surface area contributed by atoms with E-state index in [0.29, 0.717) is 32.4 Å². The largest absolute Gasteiger partial charge is 0.379 e. The van der Waals surface area contributed by atoms with Crippen molar-refractivity contribution in [3.63, 3.8) is 0 Å². The van der Waals surface area contributed by atoms with Crippen LogP contribution in [-0.2, 0) is 14.3 Å². The van der Waals surface area contributed by atoms with Crippen LogP contribution in [0.3, 0.4) is 0 Å². The number of benzene rings is 1. The molecule has 0 radical (unpaired) electrons. The summed E-state index contributed by atoms with van der Waals surface area (Å²) >= 11 is 0. The molecule has 29 heavy (non-hydrogen) atoms. The Labute approximate surface area is 167 Å². The van der Waals surface area contributed by atoms with Gasteiger partial charge >= 0.3 is 6.03 Å². The zero-order chi connectivity index (χ0) is 21.0. The predicted molar refractivity (Wildman–Crippen MR) is 100 cm³/mol. The maximum Gasteiger partial charge on any atom is 0.319 e. The molecule has 1 aliphatic carbocycles. The van der Waals surface area contributed by atoms with E-state index in [4.69, 9.17) is 4.74 Å². The Balaban J connectivity index is 1.61. The van der Waals surface area contributed by atoms with Crippen LogP contribution in [0.15, 0.2) is 18.2 Å². The normalized spacial score (nSPS) is 24.6. The molecule has 158 valence electrons. The predicted octanol–water partition coefficient (Wildman–Crippen LogP) is 1.23. The molecular weight excluding hydrogens is 386 g/mol. The lowest BCUT2D eigenvalue weighted by molar-refractivity contribution is -0.143. The molecule has 0 bridgehead atoms. The first-order valence-corrected chi connectivity index (χ1v) is 9.48. The van der Waals surface area contributed by atoms with E-state index >= 15 is 0 Å². The van der Waals surface area contributed by atoms with Gasteiger partial charge in [-0.25, -0.2) is 13.6 Å². The van der Waals surface area contributed by atoms with Crippen LogP contribution in [-0.4, -0.2) is 61.6 Å². The third kappa shape index (κ3) is 5.20. The van der Waals surface area contributed by atoms with Gasteiger partial charge in [-0.2, -0.15) is 0 Å². The number of urea groups is 1. The zero-order valence-electron chi connectivity index (χ0n) is 16.0. The number of carbonyl (C=O) groups is 3. The van der Waals surface area contributed by atoms with Crippen molar-refractivity contribution in [2.75, 3.05) is 32.1 Å². The average molecular weight is 410 g/mol. The van der Waals surface area contributed by atoms with E-state index in [-0.39, 0.29) is 36.1 Å². The summed E-state index contributed by atoms with van der Waals surface area (Å²) in [5, 5.41) is 7.90.